The highest BCUT2D eigenvalue weighted by atomic mass is 32.2. The van der Waals surface area contributed by atoms with Gasteiger partial charge >= 0.3 is 0 Å². The van der Waals surface area contributed by atoms with Crippen LogP contribution >= 0.6 is 23.1 Å². The van der Waals surface area contributed by atoms with Crippen LogP contribution < -0.4 is 25.4 Å². The predicted octanol–water partition coefficient (Wildman–Crippen LogP) is 4.49. The Morgan fingerprint density at radius 1 is 1.25 bits per heavy atom. The van der Waals surface area contributed by atoms with Crippen LogP contribution in [-0.4, -0.2) is 41.9 Å². The van der Waals surface area contributed by atoms with Crippen LogP contribution in [0.15, 0.2) is 61.8 Å². The number of furan rings is 1. The van der Waals surface area contributed by atoms with E-state index in [0.717, 1.165) is 0 Å². The fraction of sp³-hybridized carbons (Fsp3) is 0.296. The number of nitrogens with two attached hydrogens (primary N) is 1. The number of thioether (sulfide) groups is 1. The fourth-order valence-electron chi connectivity index (χ4n) is 4.79. The summed E-state index contributed by atoms with van der Waals surface area (Å²) in [5.74, 6) is 1.58. The molecule has 2 aromatic heterocycles. The van der Waals surface area contributed by atoms with Crippen LogP contribution in [-0.2, 0) is 9.59 Å². The number of carbonyl (C=O) groups excluding carboxylic acids is 2. The number of Topliss-reactive ketones (excluding diaryl/α,β-unsaturated/α-hetero) is 1. The molecule has 1 aliphatic carbocycles. The highest BCUT2D eigenvalue weighted by Crippen LogP contribution is 2.47. The number of hydrogen-bond donors (Lipinski definition) is 2. The molecule has 0 spiro atoms. The highest BCUT2D eigenvalue weighted by molar-refractivity contribution is 8.01. The first-order valence-corrected chi connectivity index (χ1v) is 14.2. The van der Waals surface area contributed by atoms with Crippen LogP contribution in [0.4, 0.5) is 10.8 Å². The third-order valence-corrected chi connectivity index (χ3v) is 8.58. The van der Waals surface area contributed by atoms with Gasteiger partial charge in [-0.25, -0.2) is 0 Å². The molecule has 206 valence electrons. The van der Waals surface area contributed by atoms with Crippen molar-refractivity contribution in [2.45, 2.75) is 36.4 Å². The van der Waals surface area contributed by atoms with Crippen LogP contribution in [0.3, 0.4) is 0 Å². The van der Waals surface area contributed by atoms with Gasteiger partial charge in [0.05, 0.1) is 37.5 Å². The summed E-state index contributed by atoms with van der Waals surface area (Å²) in [5.41, 5.74) is 8.56. The lowest BCUT2D eigenvalue weighted by atomic mass is 9.78. The van der Waals surface area contributed by atoms with Crippen molar-refractivity contribution in [3.8, 4) is 17.6 Å². The molecule has 3 N–H and O–H groups in total. The lowest BCUT2D eigenvalue weighted by molar-refractivity contribution is -0.116. The average Bonchev–Trinajstić information content (AvgIpc) is 3.60. The molecule has 2 aliphatic rings. The van der Waals surface area contributed by atoms with Crippen molar-refractivity contribution >= 4 is 45.6 Å². The van der Waals surface area contributed by atoms with Gasteiger partial charge in [-0.3, -0.25) is 14.5 Å². The molecule has 1 unspecified atom stereocenters. The Morgan fingerprint density at radius 2 is 2.05 bits per heavy atom. The van der Waals surface area contributed by atoms with Crippen molar-refractivity contribution in [3.63, 3.8) is 0 Å². The quantitative estimate of drug-likeness (QED) is 0.363. The van der Waals surface area contributed by atoms with Gasteiger partial charge < -0.3 is 24.9 Å². The third kappa shape index (κ3) is 5.15. The maximum Gasteiger partial charge on any atom is 0.234 e. The monoisotopic (exact) mass is 578 g/mol. The molecular weight excluding hydrogens is 552 g/mol. The summed E-state index contributed by atoms with van der Waals surface area (Å²) in [6.45, 7) is 1.81. The SMILES string of the molecule is COc1ccc(NC(=O)CSc2nnc(N3C(N)=C(C#N)C(c4ccc(C)o4)C4=C3CCCC4=O)s2)cc1OC. The zero-order valence-electron chi connectivity index (χ0n) is 22.0. The smallest absolute Gasteiger partial charge is 0.234 e. The van der Waals surface area contributed by atoms with E-state index >= 15 is 0 Å². The number of benzene rings is 1. The van der Waals surface area contributed by atoms with E-state index in [0.29, 0.717) is 68.7 Å². The molecule has 1 aliphatic heterocycles. The van der Waals surface area contributed by atoms with Gasteiger partial charge in [0.2, 0.25) is 11.0 Å². The second-order valence-electron chi connectivity index (χ2n) is 9.02. The Balaban J connectivity index is 1.37. The van der Waals surface area contributed by atoms with Crippen molar-refractivity contribution in [1.82, 2.24) is 10.2 Å². The number of amides is 1. The average molecular weight is 579 g/mol. The first kappa shape index (κ1) is 27.3. The van der Waals surface area contributed by atoms with Crippen LogP contribution in [0.25, 0.3) is 0 Å². The summed E-state index contributed by atoms with van der Waals surface area (Å²) in [5, 5.41) is 21.9. The highest BCUT2D eigenvalue weighted by Gasteiger charge is 2.42. The molecule has 0 bridgehead atoms. The second kappa shape index (κ2) is 11.4. The normalized spacial score (nSPS) is 17.0. The summed E-state index contributed by atoms with van der Waals surface area (Å²) in [7, 11) is 3.07. The minimum Gasteiger partial charge on any atom is -0.493 e. The van der Waals surface area contributed by atoms with E-state index in [1.807, 2.05) is 6.92 Å². The van der Waals surface area contributed by atoms with Gasteiger partial charge in [0.1, 0.15) is 17.3 Å². The summed E-state index contributed by atoms with van der Waals surface area (Å²) < 4.78 is 16.9. The third-order valence-electron chi connectivity index (χ3n) is 6.54. The summed E-state index contributed by atoms with van der Waals surface area (Å²) in [4.78, 5) is 27.4. The number of aromatic nitrogens is 2. The fourth-order valence-corrected chi connectivity index (χ4v) is 6.47. The zero-order chi connectivity index (χ0) is 28.4. The molecule has 0 saturated heterocycles. The standard InChI is InChI=1S/C27H26N6O5S2/c1-14-7-9-20(38-14)23-16(12-28)25(29)33(17-5-4-6-18(34)24(17)23)26-31-32-27(40-26)39-13-22(35)30-15-8-10-19(36-2)21(11-15)37-3/h7-11,23H,4-6,13,29H2,1-3H3,(H,30,35). The molecule has 3 aromatic rings. The van der Waals surface area contributed by atoms with Crippen LogP contribution in [0.5, 0.6) is 11.5 Å². The molecule has 13 heteroatoms. The van der Waals surface area contributed by atoms with Gasteiger partial charge in [-0.05, 0) is 44.0 Å². The Kier molecular flexibility index (Phi) is 7.81. The van der Waals surface area contributed by atoms with E-state index in [4.69, 9.17) is 19.6 Å². The number of ketones is 1. The minimum atomic E-state index is -0.667. The Morgan fingerprint density at radius 3 is 2.75 bits per heavy atom. The maximum atomic E-state index is 13.2. The van der Waals surface area contributed by atoms with Gasteiger partial charge in [0, 0.05) is 29.4 Å². The first-order valence-electron chi connectivity index (χ1n) is 12.3. The molecule has 1 amide bonds. The van der Waals surface area contributed by atoms with Gasteiger partial charge in [-0.15, -0.1) is 10.2 Å². The molecule has 1 aromatic carbocycles. The topological polar surface area (TPSA) is 157 Å². The number of hydrogen-bond acceptors (Lipinski definition) is 12. The van der Waals surface area contributed by atoms with E-state index < -0.39 is 5.92 Å². The number of rotatable bonds is 8. The van der Waals surface area contributed by atoms with Crippen molar-refractivity contribution in [2.75, 3.05) is 30.2 Å². The molecule has 40 heavy (non-hydrogen) atoms. The molecule has 0 radical (unpaired) electrons. The van der Waals surface area contributed by atoms with E-state index in [2.05, 4.69) is 21.6 Å². The Hall–Kier alpha value is -4.28. The molecule has 3 heterocycles. The van der Waals surface area contributed by atoms with Gasteiger partial charge in [-0.1, -0.05) is 23.1 Å². The minimum absolute atomic E-state index is 0.0449. The molecule has 11 nitrogen and oxygen atoms in total. The van der Waals surface area contributed by atoms with Gasteiger partial charge in [-0.2, -0.15) is 5.26 Å². The number of anilines is 2. The number of allylic oxidation sites excluding steroid dienone is 3. The number of carbonyl (C=O) groups is 2. The van der Waals surface area contributed by atoms with E-state index in [1.165, 1.54) is 30.2 Å². The number of methoxy groups -OCH3 is 2. The van der Waals surface area contributed by atoms with Gasteiger partial charge in [0.25, 0.3) is 0 Å². The Labute approximate surface area is 238 Å². The van der Waals surface area contributed by atoms with Crippen molar-refractivity contribution in [2.24, 2.45) is 5.73 Å². The van der Waals surface area contributed by atoms with E-state index in [9.17, 15) is 14.9 Å². The zero-order valence-corrected chi connectivity index (χ0v) is 23.6. The molecule has 1 atom stereocenters. The summed E-state index contributed by atoms with van der Waals surface area (Å²) in [6, 6.07) is 10.9. The second-order valence-corrected chi connectivity index (χ2v) is 11.2. The Bertz CT molecular complexity index is 1580. The maximum absolute atomic E-state index is 13.2. The van der Waals surface area contributed by atoms with Crippen LogP contribution in [0.1, 0.15) is 36.7 Å². The van der Waals surface area contributed by atoms with E-state index in [1.54, 1.807) is 42.3 Å². The van der Waals surface area contributed by atoms with Crippen molar-refractivity contribution < 1.29 is 23.5 Å². The summed E-state index contributed by atoms with van der Waals surface area (Å²) in [6.07, 6.45) is 1.63. The van der Waals surface area contributed by atoms with Crippen LogP contribution in [0, 0.1) is 18.3 Å². The van der Waals surface area contributed by atoms with Crippen molar-refractivity contribution in [1.29, 1.82) is 5.26 Å². The number of nitrogens with zero attached hydrogens (tertiary/aromatic N) is 4. The number of ether oxygens (including phenoxy) is 2. The van der Waals surface area contributed by atoms with Crippen LogP contribution in [0.2, 0.25) is 0 Å². The molecule has 0 saturated carbocycles. The van der Waals surface area contributed by atoms with Crippen molar-refractivity contribution in [3.05, 3.63) is 64.5 Å². The number of aryl methyl sites for hydroxylation is 1. The summed E-state index contributed by atoms with van der Waals surface area (Å²) >= 11 is 2.45. The predicted molar refractivity (Wildman–Crippen MR) is 150 cm³/mol. The number of nitrogens with one attached hydrogen (secondary N) is 1. The lowest BCUT2D eigenvalue weighted by Crippen LogP contribution is -2.38. The largest absolute Gasteiger partial charge is 0.493 e. The first-order chi connectivity index (χ1) is 19.3. The number of nitriles is 1. The molecular formula is C27H26N6O5S2. The molecule has 0 fully saturated rings. The lowest BCUT2D eigenvalue weighted by Gasteiger charge is -2.37. The van der Waals surface area contributed by atoms with Gasteiger partial charge in [0.15, 0.2) is 21.6 Å². The van der Waals surface area contributed by atoms with E-state index in [-0.39, 0.29) is 28.8 Å². The molecule has 5 rings (SSSR count).